The van der Waals surface area contributed by atoms with E-state index in [-0.39, 0.29) is 23.3 Å². The maximum Gasteiger partial charge on any atom is 0.243 e. The van der Waals surface area contributed by atoms with Crippen LogP contribution in [0, 0.1) is 12.8 Å². The van der Waals surface area contributed by atoms with Crippen molar-refractivity contribution in [2.45, 2.75) is 51.1 Å². The van der Waals surface area contributed by atoms with Crippen LogP contribution in [-0.4, -0.2) is 46.7 Å². The van der Waals surface area contributed by atoms with Gasteiger partial charge in [0.2, 0.25) is 15.9 Å². The van der Waals surface area contributed by atoms with Crippen molar-refractivity contribution in [2.75, 3.05) is 13.1 Å². The molecule has 0 aliphatic carbocycles. The summed E-state index contributed by atoms with van der Waals surface area (Å²) < 4.78 is 29.8. The first kappa shape index (κ1) is 22.4. The van der Waals surface area contributed by atoms with Gasteiger partial charge < -0.3 is 5.32 Å². The van der Waals surface area contributed by atoms with Gasteiger partial charge in [0.15, 0.2) is 0 Å². The molecule has 0 bridgehead atoms. The molecule has 1 aliphatic heterocycles. The van der Waals surface area contributed by atoms with Gasteiger partial charge in [-0.2, -0.15) is 4.31 Å². The Hall–Kier alpha value is -2.78. The molecule has 2 aromatic carbocycles. The predicted molar refractivity (Wildman–Crippen MR) is 122 cm³/mol. The van der Waals surface area contributed by atoms with Crippen molar-refractivity contribution in [1.82, 2.24) is 24.6 Å². The van der Waals surface area contributed by atoms with Crippen LogP contribution in [0.1, 0.15) is 37.3 Å². The highest BCUT2D eigenvalue weighted by molar-refractivity contribution is 7.89. The molecule has 8 nitrogen and oxygen atoms in total. The van der Waals surface area contributed by atoms with Gasteiger partial charge in [-0.1, -0.05) is 42.0 Å². The zero-order chi connectivity index (χ0) is 22.7. The summed E-state index contributed by atoms with van der Waals surface area (Å²) in [6, 6.07) is 12.9. The van der Waals surface area contributed by atoms with Crippen LogP contribution in [0.25, 0.3) is 11.0 Å². The molecular formula is C23H29N5O3S. The van der Waals surface area contributed by atoms with Gasteiger partial charge >= 0.3 is 0 Å². The van der Waals surface area contributed by atoms with Gasteiger partial charge in [0.25, 0.3) is 0 Å². The van der Waals surface area contributed by atoms with Crippen LogP contribution in [0.2, 0.25) is 0 Å². The maximum absolute atomic E-state index is 13.3. The minimum atomic E-state index is -3.72. The van der Waals surface area contributed by atoms with Crippen LogP contribution in [0.4, 0.5) is 0 Å². The van der Waals surface area contributed by atoms with Crippen molar-refractivity contribution in [2.24, 2.45) is 5.92 Å². The van der Waals surface area contributed by atoms with Crippen molar-refractivity contribution in [3.05, 3.63) is 53.6 Å². The summed E-state index contributed by atoms with van der Waals surface area (Å²) in [5.41, 5.74) is 3.56. The molecular weight excluding hydrogens is 426 g/mol. The van der Waals surface area contributed by atoms with Crippen LogP contribution < -0.4 is 5.32 Å². The highest BCUT2D eigenvalue weighted by Crippen LogP contribution is 2.26. The lowest BCUT2D eigenvalue weighted by Gasteiger charge is -2.31. The Labute approximate surface area is 188 Å². The van der Waals surface area contributed by atoms with Gasteiger partial charge in [-0.25, -0.2) is 13.1 Å². The maximum atomic E-state index is 13.3. The molecule has 1 aromatic heterocycles. The lowest BCUT2D eigenvalue weighted by Crippen LogP contribution is -2.45. The Morgan fingerprint density at radius 1 is 1.19 bits per heavy atom. The molecule has 0 spiro atoms. The standard InChI is InChI=1S/C23H29N5O3S/c1-3-12-28-22-11-10-20(14-21(22)25-26-28)32(30,31)27-13-4-5-19(16-27)23(29)24-15-18-8-6-17(2)7-9-18/h6-11,14,19H,3-5,12-13,15-16H2,1-2H3,(H,24,29)/t19-/m0/s1. The minimum Gasteiger partial charge on any atom is -0.352 e. The largest absolute Gasteiger partial charge is 0.352 e. The first-order chi connectivity index (χ1) is 15.4. The molecule has 1 N–H and O–H groups in total. The van der Waals surface area contributed by atoms with E-state index >= 15 is 0 Å². The third kappa shape index (κ3) is 4.68. The second-order valence-corrected chi connectivity index (χ2v) is 10.3. The Bertz CT molecular complexity index is 1200. The van der Waals surface area contributed by atoms with Gasteiger partial charge in [0.05, 0.1) is 16.3 Å². The highest BCUT2D eigenvalue weighted by atomic mass is 32.2. The highest BCUT2D eigenvalue weighted by Gasteiger charge is 2.33. The molecule has 0 saturated carbocycles. The first-order valence-electron chi connectivity index (χ1n) is 11.0. The van der Waals surface area contributed by atoms with Crippen LogP contribution in [-0.2, 0) is 27.9 Å². The number of fused-ring (bicyclic) bond motifs is 1. The Morgan fingerprint density at radius 3 is 2.72 bits per heavy atom. The van der Waals surface area contributed by atoms with E-state index in [1.807, 2.05) is 31.2 Å². The number of nitrogens with zero attached hydrogens (tertiary/aromatic N) is 4. The van der Waals surface area contributed by atoms with Gasteiger partial charge in [0.1, 0.15) is 5.52 Å². The van der Waals surface area contributed by atoms with Gasteiger partial charge in [0, 0.05) is 26.2 Å². The van der Waals surface area contributed by atoms with E-state index in [0.29, 0.717) is 31.4 Å². The number of sulfonamides is 1. The summed E-state index contributed by atoms with van der Waals surface area (Å²) in [4.78, 5) is 12.9. The number of hydrogen-bond acceptors (Lipinski definition) is 5. The number of benzene rings is 2. The fourth-order valence-corrected chi connectivity index (χ4v) is 5.60. The zero-order valence-corrected chi connectivity index (χ0v) is 19.3. The number of hydrogen-bond donors (Lipinski definition) is 1. The average Bonchev–Trinajstić information content (AvgIpc) is 3.21. The Morgan fingerprint density at radius 2 is 1.97 bits per heavy atom. The molecule has 3 aromatic rings. The van der Waals surface area contributed by atoms with E-state index in [0.717, 1.165) is 24.0 Å². The summed E-state index contributed by atoms with van der Waals surface area (Å²) in [5.74, 6) is -0.471. The molecule has 9 heteroatoms. The summed E-state index contributed by atoms with van der Waals surface area (Å²) >= 11 is 0. The predicted octanol–water partition coefficient (Wildman–Crippen LogP) is 2.87. The fourth-order valence-electron chi connectivity index (χ4n) is 4.05. The van der Waals surface area contributed by atoms with Crippen LogP contribution >= 0.6 is 0 Å². The molecule has 0 radical (unpaired) electrons. The number of amides is 1. The summed E-state index contributed by atoms with van der Waals surface area (Å²) in [6.45, 7) is 5.83. The molecule has 32 heavy (non-hydrogen) atoms. The third-order valence-corrected chi connectivity index (χ3v) is 7.76. The fraction of sp³-hybridized carbons (Fsp3) is 0.435. The van der Waals surface area contributed by atoms with Crippen LogP contribution in [0.15, 0.2) is 47.4 Å². The molecule has 1 atom stereocenters. The average molecular weight is 456 g/mol. The van der Waals surface area contributed by atoms with Gasteiger partial charge in [-0.05, 0) is 49.9 Å². The smallest absolute Gasteiger partial charge is 0.243 e. The molecule has 4 rings (SSSR count). The molecule has 2 heterocycles. The molecule has 1 saturated heterocycles. The summed E-state index contributed by atoms with van der Waals surface area (Å²) in [5, 5.41) is 11.2. The number of aromatic nitrogens is 3. The number of rotatable bonds is 7. The lowest BCUT2D eigenvalue weighted by molar-refractivity contribution is -0.126. The minimum absolute atomic E-state index is 0.108. The number of piperidine rings is 1. The summed E-state index contributed by atoms with van der Waals surface area (Å²) in [7, 11) is -3.72. The van der Waals surface area contributed by atoms with Gasteiger partial charge in [-0.15, -0.1) is 5.10 Å². The van der Waals surface area contributed by atoms with E-state index in [1.54, 1.807) is 22.9 Å². The monoisotopic (exact) mass is 455 g/mol. The topological polar surface area (TPSA) is 97.2 Å². The van der Waals surface area contributed by atoms with Crippen molar-refractivity contribution in [3.8, 4) is 0 Å². The number of carbonyl (C=O) groups is 1. The molecule has 170 valence electrons. The third-order valence-electron chi connectivity index (χ3n) is 5.90. The molecule has 1 fully saturated rings. The van der Waals surface area contributed by atoms with E-state index in [9.17, 15) is 13.2 Å². The van der Waals surface area contributed by atoms with E-state index in [2.05, 4.69) is 22.6 Å². The van der Waals surface area contributed by atoms with Crippen molar-refractivity contribution in [3.63, 3.8) is 0 Å². The van der Waals surface area contributed by atoms with Crippen LogP contribution in [0.3, 0.4) is 0 Å². The van der Waals surface area contributed by atoms with E-state index in [4.69, 9.17) is 0 Å². The quantitative estimate of drug-likeness (QED) is 0.591. The first-order valence-corrected chi connectivity index (χ1v) is 12.5. The van der Waals surface area contributed by atoms with Crippen molar-refractivity contribution in [1.29, 1.82) is 0 Å². The Kier molecular flexibility index (Phi) is 6.57. The zero-order valence-electron chi connectivity index (χ0n) is 18.5. The van der Waals surface area contributed by atoms with Gasteiger partial charge in [-0.3, -0.25) is 4.79 Å². The number of carbonyl (C=O) groups excluding carboxylic acids is 1. The lowest BCUT2D eigenvalue weighted by atomic mass is 9.98. The SMILES string of the molecule is CCCn1nnc2cc(S(=O)(=O)N3CCC[C@H](C(=O)NCc4ccc(C)cc4)C3)ccc21. The summed E-state index contributed by atoms with van der Waals surface area (Å²) in [6.07, 6.45) is 2.24. The molecule has 1 amide bonds. The van der Waals surface area contributed by atoms with Crippen LogP contribution in [0.5, 0.6) is 0 Å². The molecule has 1 aliphatic rings. The number of aryl methyl sites for hydroxylation is 2. The number of nitrogens with one attached hydrogen (secondary N) is 1. The molecule has 0 unspecified atom stereocenters. The second-order valence-electron chi connectivity index (χ2n) is 8.37. The Balaban J connectivity index is 1.45. The van der Waals surface area contributed by atoms with E-state index < -0.39 is 10.0 Å². The normalized spacial score (nSPS) is 17.5. The second kappa shape index (κ2) is 9.38. The van der Waals surface area contributed by atoms with E-state index in [1.165, 1.54) is 9.87 Å². The van der Waals surface area contributed by atoms with Crippen molar-refractivity contribution >= 4 is 27.0 Å². The van der Waals surface area contributed by atoms with Crippen molar-refractivity contribution < 1.29 is 13.2 Å².